The zero-order valence-corrected chi connectivity index (χ0v) is 10.8. The summed E-state index contributed by atoms with van der Waals surface area (Å²) in [6.07, 6.45) is 1.76. The van der Waals surface area contributed by atoms with Crippen molar-refractivity contribution in [2.75, 3.05) is 5.43 Å². The number of nitrogens with zero attached hydrogens (tertiary/aromatic N) is 4. The summed E-state index contributed by atoms with van der Waals surface area (Å²) in [6, 6.07) is 7.92. The summed E-state index contributed by atoms with van der Waals surface area (Å²) >= 11 is 0. The number of nitrogens with two attached hydrogens (primary N) is 1. The lowest BCUT2D eigenvalue weighted by atomic mass is 10.2. The van der Waals surface area contributed by atoms with Crippen molar-refractivity contribution < 1.29 is 0 Å². The van der Waals surface area contributed by atoms with E-state index in [-0.39, 0.29) is 0 Å². The van der Waals surface area contributed by atoms with Gasteiger partial charge in [0.1, 0.15) is 23.8 Å². The molecule has 0 amide bonds. The SMILES string of the molecule is Cc1nc(NN)c(C)c(-n2cnc3ccccc32)n1. The lowest BCUT2D eigenvalue weighted by Crippen LogP contribution is -2.14. The van der Waals surface area contributed by atoms with Gasteiger partial charge in [0.15, 0.2) is 0 Å². The van der Waals surface area contributed by atoms with Crippen molar-refractivity contribution >= 4 is 16.9 Å². The topological polar surface area (TPSA) is 81.6 Å². The number of para-hydroxylation sites is 2. The fourth-order valence-corrected chi connectivity index (χ4v) is 2.12. The molecule has 0 spiro atoms. The van der Waals surface area contributed by atoms with Gasteiger partial charge in [0, 0.05) is 5.56 Å². The van der Waals surface area contributed by atoms with Crippen LogP contribution in [0.5, 0.6) is 0 Å². The van der Waals surface area contributed by atoms with Crippen LogP contribution in [-0.2, 0) is 0 Å². The van der Waals surface area contributed by atoms with Crippen LogP contribution in [0.3, 0.4) is 0 Å². The Morgan fingerprint density at radius 3 is 2.74 bits per heavy atom. The summed E-state index contributed by atoms with van der Waals surface area (Å²) in [5, 5.41) is 0. The standard InChI is InChI=1S/C13H14N6/c1-8-12(18-14)16-9(2)17-13(8)19-7-15-10-5-3-4-6-11(10)19/h3-7H,14H2,1-2H3,(H,16,17,18). The number of aromatic nitrogens is 4. The minimum atomic E-state index is 0.625. The molecule has 1 aromatic carbocycles. The molecule has 96 valence electrons. The first-order chi connectivity index (χ1) is 9.20. The molecule has 0 aliphatic heterocycles. The summed E-state index contributed by atoms with van der Waals surface area (Å²) in [5.41, 5.74) is 5.42. The van der Waals surface area contributed by atoms with E-state index in [9.17, 15) is 0 Å². The zero-order valence-electron chi connectivity index (χ0n) is 10.8. The minimum absolute atomic E-state index is 0.625. The summed E-state index contributed by atoms with van der Waals surface area (Å²) in [5.74, 6) is 7.56. The number of imidazole rings is 1. The van der Waals surface area contributed by atoms with Crippen LogP contribution in [0.15, 0.2) is 30.6 Å². The second-order valence-corrected chi connectivity index (χ2v) is 4.32. The van der Waals surface area contributed by atoms with Crippen molar-refractivity contribution in [3.05, 3.63) is 42.0 Å². The molecule has 0 aliphatic carbocycles. The fourth-order valence-electron chi connectivity index (χ4n) is 2.12. The van der Waals surface area contributed by atoms with Crippen LogP contribution in [0.4, 0.5) is 5.82 Å². The fraction of sp³-hybridized carbons (Fsp3) is 0.154. The van der Waals surface area contributed by atoms with E-state index in [1.54, 1.807) is 6.33 Å². The number of hydrogen-bond donors (Lipinski definition) is 2. The molecular weight excluding hydrogens is 240 g/mol. The Kier molecular flexibility index (Phi) is 2.64. The second kappa shape index (κ2) is 4.33. The molecule has 0 saturated carbocycles. The molecule has 2 heterocycles. The number of nitrogens with one attached hydrogen (secondary N) is 1. The molecule has 0 unspecified atom stereocenters. The summed E-state index contributed by atoms with van der Waals surface area (Å²) < 4.78 is 1.94. The van der Waals surface area contributed by atoms with Gasteiger partial charge in [0.05, 0.1) is 11.0 Å². The quantitative estimate of drug-likeness (QED) is 0.537. The van der Waals surface area contributed by atoms with Crippen LogP contribution in [0.1, 0.15) is 11.4 Å². The van der Waals surface area contributed by atoms with Crippen molar-refractivity contribution in [3.8, 4) is 5.82 Å². The van der Waals surface area contributed by atoms with E-state index in [0.717, 1.165) is 22.4 Å². The lowest BCUT2D eigenvalue weighted by Gasteiger charge is -2.11. The average molecular weight is 254 g/mol. The second-order valence-electron chi connectivity index (χ2n) is 4.32. The maximum atomic E-state index is 5.49. The highest BCUT2D eigenvalue weighted by molar-refractivity contribution is 5.77. The normalized spacial score (nSPS) is 10.9. The van der Waals surface area contributed by atoms with Gasteiger partial charge in [-0.3, -0.25) is 4.57 Å². The van der Waals surface area contributed by atoms with Crippen LogP contribution in [0.25, 0.3) is 16.9 Å². The molecule has 3 N–H and O–H groups in total. The maximum absolute atomic E-state index is 5.49. The number of fused-ring (bicyclic) bond motifs is 1. The number of hydrogen-bond acceptors (Lipinski definition) is 5. The molecule has 0 aliphatic rings. The van der Waals surface area contributed by atoms with Crippen molar-refractivity contribution in [1.82, 2.24) is 19.5 Å². The van der Waals surface area contributed by atoms with E-state index in [1.807, 2.05) is 42.7 Å². The Morgan fingerprint density at radius 1 is 1.16 bits per heavy atom. The third-order valence-electron chi connectivity index (χ3n) is 3.05. The van der Waals surface area contributed by atoms with Crippen LogP contribution in [0, 0.1) is 13.8 Å². The highest BCUT2D eigenvalue weighted by Crippen LogP contribution is 2.22. The Bertz CT molecular complexity index is 746. The van der Waals surface area contributed by atoms with E-state index in [2.05, 4.69) is 20.4 Å². The number of anilines is 1. The van der Waals surface area contributed by atoms with E-state index in [1.165, 1.54) is 0 Å². The van der Waals surface area contributed by atoms with Crippen molar-refractivity contribution in [2.45, 2.75) is 13.8 Å². The first kappa shape index (κ1) is 11.6. The molecular formula is C13H14N6. The molecule has 6 heteroatoms. The molecule has 19 heavy (non-hydrogen) atoms. The third-order valence-corrected chi connectivity index (χ3v) is 3.05. The third kappa shape index (κ3) is 1.82. The van der Waals surface area contributed by atoms with Gasteiger partial charge in [-0.1, -0.05) is 12.1 Å². The summed E-state index contributed by atoms with van der Waals surface area (Å²) in [4.78, 5) is 13.1. The minimum Gasteiger partial charge on any atom is -0.308 e. The van der Waals surface area contributed by atoms with Gasteiger partial charge in [0.2, 0.25) is 0 Å². The number of aryl methyl sites for hydroxylation is 1. The van der Waals surface area contributed by atoms with Gasteiger partial charge in [-0.2, -0.15) is 0 Å². The molecule has 0 fully saturated rings. The molecule has 0 radical (unpaired) electrons. The average Bonchev–Trinajstić information content (AvgIpc) is 2.85. The Balaban J connectivity index is 2.30. The van der Waals surface area contributed by atoms with Gasteiger partial charge >= 0.3 is 0 Å². The molecule has 0 atom stereocenters. The monoisotopic (exact) mass is 254 g/mol. The van der Waals surface area contributed by atoms with E-state index in [0.29, 0.717) is 11.6 Å². The first-order valence-corrected chi connectivity index (χ1v) is 5.95. The van der Waals surface area contributed by atoms with Crippen molar-refractivity contribution in [3.63, 3.8) is 0 Å². The predicted molar refractivity (Wildman–Crippen MR) is 73.9 cm³/mol. The highest BCUT2D eigenvalue weighted by atomic mass is 15.3. The molecule has 0 bridgehead atoms. The lowest BCUT2D eigenvalue weighted by molar-refractivity contribution is 0.933. The Labute approximate surface area is 110 Å². The van der Waals surface area contributed by atoms with E-state index >= 15 is 0 Å². The maximum Gasteiger partial charge on any atom is 0.148 e. The van der Waals surface area contributed by atoms with Gasteiger partial charge in [-0.05, 0) is 26.0 Å². The molecule has 2 aromatic heterocycles. The van der Waals surface area contributed by atoms with Gasteiger partial charge < -0.3 is 5.43 Å². The summed E-state index contributed by atoms with van der Waals surface area (Å²) in [7, 11) is 0. The Hall–Kier alpha value is -2.47. The van der Waals surface area contributed by atoms with Gasteiger partial charge in [0.25, 0.3) is 0 Å². The Morgan fingerprint density at radius 2 is 1.95 bits per heavy atom. The van der Waals surface area contributed by atoms with Crippen LogP contribution >= 0.6 is 0 Å². The van der Waals surface area contributed by atoms with Crippen LogP contribution < -0.4 is 11.3 Å². The van der Waals surface area contributed by atoms with E-state index in [4.69, 9.17) is 5.84 Å². The van der Waals surface area contributed by atoms with Crippen LogP contribution in [-0.4, -0.2) is 19.5 Å². The van der Waals surface area contributed by atoms with Gasteiger partial charge in [-0.15, -0.1) is 0 Å². The number of hydrazine groups is 1. The number of nitrogen functional groups attached to an aromatic ring is 1. The predicted octanol–water partition coefficient (Wildman–Crippen LogP) is 1.72. The van der Waals surface area contributed by atoms with Gasteiger partial charge in [-0.25, -0.2) is 20.8 Å². The van der Waals surface area contributed by atoms with E-state index < -0.39 is 0 Å². The zero-order chi connectivity index (χ0) is 13.4. The number of rotatable bonds is 2. The van der Waals surface area contributed by atoms with Crippen LogP contribution in [0.2, 0.25) is 0 Å². The molecule has 3 aromatic rings. The molecule has 0 saturated heterocycles. The number of benzene rings is 1. The smallest absolute Gasteiger partial charge is 0.148 e. The van der Waals surface area contributed by atoms with Crippen molar-refractivity contribution in [2.24, 2.45) is 5.84 Å². The molecule has 3 rings (SSSR count). The largest absolute Gasteiger partial charge is 0.308 e. The summed E-state index contributed by atoms with van der Waals surface area (Å²) in [6.45, 7) is 3.77. The molecule has 6 nitrogen and oxygen atoms in total. The first-order valence-electron chi connectivity index (χ1n) is 5.95. The highest BCUT2D eigenvalue weighted by Gasteiger charge is 2.12. The van der Waals surface area contributed by atoms with Crippen molar-refractivity contribution in [1.29, 1.82) is 0 Å².